The van der Waals surface area contributed by atoms with E-state index in [0.29, 0.717) is 13.0 Å². The van der Waals surface area contributed by atoms with Gasteiger partial charge in [-0.3, -0.25) is 9.52 Å². The molecule has 0 fully saturated rings. The van der Waals surface area contributed by atoms with E-state index in [1.165, 1.54) is 17.5 Å². The molecule has 0 heterocycles. The van der Waals surface area contributed by atoms with Crippen LogP contribution in [0.5, 0.6) is 5.75 Å². The quantitative estimate of drug-likeness (QED) is 0.0860. The Morgan fingerprint density at radius 1 is 1.05 bits per heavy atom. The molecule has 0 aromatic heterocycles. The fourth-order valence-electron chi connectivity index (χ4n) is 5.01. The molecule has 0 saturated carbocycles. The summed E-state index contributed by atoms with van der Waals surface area (Å²) in [6.45, 7) is 5.09. The van der Waals surface area contributed by atoms with Crippen molar-refractivity contribution in [1.82, 2.24) is 15.5 Å². The first-order valence-electron chi connectivity index (χ1n) is 14.6. The molecule has 0 radical (unpaired) electrons. The summed E-state index contributed by atoms with van der Waals surface area (Å²) >= 11 is 1.46. The number of methoxy groups -OCH3 is 1. The molecule has 1 aliphatic carbocycles. The van der Waals surface area contributed by atoms with Crippen molar-refractivity contribution in [1.29, 1.82) is 0 Å². The molecule has 6 N–H and O–H groups in total. The molecule has 9 heteroatoms. The molecule has 1 aliphatic rings. The summed E-state index contributed by atoms with van der Waals surface area (Å²) in [5.41, 5.74) is 6.59. The van der Waals surface area contributed by atoms with Gasteiger partial charge in [0.2, 0.25) is 5.91 Å². The first kappa shape index (κ1) is 35.3. The van der Waals surface area contributed by atoms with Crippen LogP contribution in [-0.4, -0.2) is 48.1 Å². The third-order valence-corrected chi connectivity index (χ3v) is 7.89. The Bertz CT molecular complexity index is 1180. The average Bonchev–Trinajstić information content (AvgIpc) is 3.04. The second-order valence-electron chi connectivity index (χ2n) is 9.71. The lowest BCUT2D eigenvalue weighted by Gasteiger charge is -2.34. The zero-order chi connectivity index (χ0) is 30.7. The van der Waals surface area contributed by atoms with Crippen LogP contribution < -0.4 is 15.5 Å². The van der Waals surface area contributed by atoms with Crippen molar-refractivity contribution in [3.63, 3.8) is 0 Å². The number of fused-ring (bicyclic) bond motifs is 1. The largest absolute Gasteiger partial charge is 0.508 e. The topological polar surface area (TPSA) is 123 Å². The fourth-order valence-corrected chi connectivity index (χ4v) is 5.73. The highest BCUT2D eigenvalue weighted by atomic mass is 32.2. The van der Waals surface area contributed by atoms with Gasteiger partial charge in [-0.1, -0.05) is 74.5 Å². The minimum Gasteiger partial charge on any atom is -0.508 e. The third-order valence-electron chi connectivity index (χ3n) is 7.05. The molecule has 4 rings (SSSR count). The number of aliphatic hydroxyl groups excluding tert-OH is 1. The number of phenols is 1. The molecule has 0 aliphatic heterocycles. The van der Waals surface area contributed by atoms with E-state index in [0.717, 1.165) is 60.9 Å². The summed E-state index contributed by atoms with van der Waals surface area (Å²) in [7, 11) is 2.60. The van der Waals surface area contributed by atoms with E-state index < -0.39 is 0 Å². The van der Waals surface area contributed by atoms with E-state index in [4.69, 9.17) is 9.84 Å². The standard InChI is InChI=1S/C30H37N3O4S.C2H6.CH4O/c1-37-20-24-13-15-25(19-28(24)34)38-31-17-7-11-23(18-21-8-3-2-4-9-21)30(35)32-29-26-12-6-5-10-22(26)14-16-27(29)33-36;2*1-2/h2-6,8-10,12-13,15,19,23,27,29,31,33-34,36H,7,11,14,16-18,20H2,1H3,(H,32,35);1-2H3;2H,1H3. The van der Waals surface area contributed by atoms with Crippen LogP contribution in [0.3, 0.4) is 0 Å². The number of aryl methyl sites for hydroxylation is 1. The lowest BCUT2D eigenvalue weighted by atomic mass is 9.83. The van der Waals surface area contributed by atoms with Crippen molar-refractivity contribution in [2.45, 2.75) is 69.5 Å². The smallest absolute Gasteiger partial charge is 0.223 e. The van der Waals surface area contributed by atoms with E-state index in [1.54, 1.807) is 13.2 Å². The number of amides is 1. The van der Waals surface area contributed by atoms with Gasteiger partial charge in [0.1, 0.15) is 5.75 Å². The van der Waals surface area contributed by atoms with Crippen LogP contribution in [0.1, 0.15) is 61.4 Å². The minimum atomic E-state index is -0.279. The molecule has 3 aromatic carbocycles. The third kappa shape index (κ3) is 10.7. The Hall–Kier alpha value is -2.92. The Balaban J connectivity index is 0.00000148. The zero-order valence-corrected chi connectivity index (χ0v) is 26.0. The first-order chi connectivity index (χ1) is 20.6. The van der Waals surface area contributed by atoms with Crippen molar-refractivity contribution in [2.75, 3.05) is 20.8 Å². The molecular weight excluding hydrogens is 550 g/mol. The number of benzene rings is 3. The molecule has 230 valence electrons. The second-order valence-corrected chi connectivity index (χ2v) is 10.7. The summed E-state index contributed by atoms with van der Waals surface area (Å²) in [5.74, 6) is 0.0234. The number of aromatic hydroxyl groups is 1. The van der Waals surface area contributed by atoms with E-state index >= 15 is 0 Å². The SMILES string of the molecule is CC.CO.COCc1ccc(SNCCCC(Cc2ccccc2)C(=O)NC2c3ccccc3CCC2NO)cc1O. The van der Waals surface area contributed by atoms with Gasteiger partial charge in [0.15, 0.2) is 0 Å². The molecular formula is C33H47N3O5S. The number of hydrogen-bond donors (Lipinski definition) is 6. The maximum atomic E-state index is 13.6. The van der Waals surface area contributed by atoms with Crippen LogP contribution in [0.4, 0.5) is 0 Å². The van der Waals surface area contributed by atoms with Gasteiger partial charge in [-0.25, -0.2) is 5.48 Å². The van der Waals surface area contributed by atoms with E-state index in [9.17, 15) is 15.1 Å². The predicted molar refractivity (Wildman–Crippen MR) is 169 cm³/mol. The van der Waals surface area contributed by atoms with E-state index in [2.05, 4.69) is 33.7 Å². The van der Waals surface area contributed by atoms with Crippen LogP contribution in [0, 0.1) is 5.92 Å². The Morgan fingerprint density at radius 3 is 2.45 bits per heavy atom. The molecule has 0 spiro atoms. The maximum absolute atomic E-state index is 13.6. The monoisotopic (exact) mass is 597 g/mol. The van der Waals surface area contributed by atoms with Gasteiger partial charge in [0.05, 0.1) is 18.7 Å². The lowest BCUT2D eigenvalue weighted by molar-refractivity contribution is -0.126. The average molecular weight is 598 g/mol. The van der Waals surface area contributed by atoms with Crippen LogP contribution in [0.2, 0.25) is 0 Å². The van der Waals surface area contributed by atoms with Crippen LogP contribution in [0.15, 0.2) is 77.7 Å². The van der Waals surface area contributed by atoms with Crippen molar-refractivity contribution < 1.29 is 25.0 Å². The highest BCUT2D eigenvalue weighted by Crippen LogP contribution is 2.31. The van der Waals surface area contributed by atoms with Crippen LogP contribution in [-0.2, 0) is 29.0 Å². The number of carbonyl (C=O) groups excluding carboxylic acids is 1. The van der Waals surface area contributed by atoms with Crippen LogP contribution in [0.25, 0.3) is 0 Å². The Morgan fingerprint density at radius 2 is 1.76 bits per heavy atom. The Kier molecular flexibility index (Phi) is 16.9. The summed E-state index contributed by atoms with van der Waals surface area (Å²) in [6, 6.07) is 23.3. The number of aliphatic hydroxyl groups is 1. The minimum absolute atomic E-state index is 0.00196. The lowest BCUT2D eigenvalue weighted by Crippen LogP contribution is -2.47. The van der Waals surface area contributed by atoms with Crippen molar-refractivity contribution in [3.05, 3.63) is 95.1 Å². The summed E-state index contributed by atoms with van der Waals surface area (Å²) in [4.78, 5) is 14.5. The summed E-state index contributed by atoms with van der Waals surface area (Å²) in [6.07, 6.45) is 3.81. The predicted octanol–water partition coefficient (Wildman–Crippen LogP) is 5.56. The van der Waals surface area contributed by atoms with E-state index in [1.807, 2.05) is 62.4 Å². The number of hydroxylamine groups is 1. The molecule has 3 unspecified atom stereocenters. The molecule has 8 nitrogen and oxygen atoms in total. The fraction of sp³-hybridized carbons (Fsp3) is 0.424. The second kappa shape index (κ2) is 20.1. The highest BCUT2D eigenvalue weighted by molar-refractivity contribution is 7.97. The van der Waals surface area contributed by atoms with Gasteiger partial charge < -0.3 is 25.5 Å². The molecule has 0 saturated heterocycles. The van der Waals surface area contributed by atoms with Crippen molar-refractivity contribution >= 4 is 17.9 Å². The number of hydrogen-bond acceptors (Lipinski definition) is 8. The van der Waals surface area contributed by atoms with Gasteiger partial charge >= 0.3 is 0 Å². The summed E-state index contributed by atoms with van der Waals surface area (Å²) < 4.78 is 8.44. The normalized spacial score (nSPS) is 16.1. The summed E-state index contributed by atoms with van der Waals surface area (Å²) in [5, 5.41) is 30.2. The maximum Gasteiger partial charge on any atom is 0.223 e. The highest BCUT2D eigenvalue weighted by Gasteiger charge is 2.32. The number of carbonyl (C=O) groups is 1. The molecule has 1 amide bonds. The number of phenolic OH excluding ortho intramolecular Hbond substituents is 1. The van der Waals surface area contributed by atoms with E-state index in [-0.39, 0.29) is 29.7 Å². The van der Waals surface area contributed by atoms with Gasteiger partial charge in [0, 0.05) is 37.1 Å². The van der Waals surface area contributed by atoms with Gasteiger partial charge in [0.25, 0.3) is 0 Å². The van der Waals surface area contributed by atoms with Crippen molar-refractivity contribution in [2.24, 2.45) is 5.92 Å². The molecule has 0 bridgehead atoms. The number of ether oxygens (including phenoxy) is 1. The van der Waals surface area contributed by atoms with Gasteiger partial charge in [-0.15, -0.1) is 0 Å². The van der Waals surface area contributed by atoms with Gasteiger partial charge in [-0.2, -0.15) is 0 Å². The first-order valence-corrected chi connectivity index (χ1v) is 15.4. The van der Waals surface area contributed by atoms with Gasteiger partial charge in [-0.05, 0) is 72.9 Å². The molecule has 42 heavy (non-hydrogen) atoms. The number of nitrogens with one attached hydrogen (secondary N) is 3. The van der Waals surface area contributed by atoms with Crippen LogP contribution >= 0.6 is 11.9 Å². The molecule has 3 atom stereocenters. The number of rotatable bonds is 13. The Labute approximate surface area is 255 Å². The zero-order valence-electron chi connectivity index (χ0n) is 25.2. The van der Waals surface area contributed by atoms with Crippen molar-refractivity contribution in [3.8, 4) is 5.75 Å². The molecule has 3 aromatic rings.